The first-order valence-electron chi connectivity index (χ1n) is 26.0. The van der Waals surface area contributed by atoms with Gasteiger partial charge in [0.05, 0.1) is 13.2 Å². The number of aliphatic hydroxyl groups excluding tert-OH is 5. The van der Waals surface area contributed by atoms with Crippen molar-refractivity contribution in [3.8, 4) is 0 Å². The maximum absolute atomic E-state index is 12.9. The van der Waals surface area contributed by atoms with Gasteiger partial charge in [-0.15, -0.1) is 0 Å². The van der Waals surface area contributed by atoms with Crippen LogP contribution in [-0.2, 0) is 27.9 Å². The van der Waals surface area contributed by atoms with Crippen LogP contribution in [0.25, 0.3) is 0 Å². The third-order valence-corrected chi connectivity index (χ3v) is 12.9. The molecule has 0 bridgehead atoms. The summed E-state index contributed by atoms with van der Waals surface area (Å²) in [5.74, 6) is -0.485. The predicted octanol–water partition coefficient (Wildman–Crippen LogP) is 11.6. The SMILES string of the molecule is CCCCCC/C=C\C/C=C\CCCCCCCCOCC(COP(=O)(O)OC1C(O)C(O)C(O)C(O)C1O)OC(=O)CCCCCCCCCCC/C=C\C/C=C\CCCCCCC. The van der Waals surface area contributed by atoms with E-state index in [1.807, 2.05) is 0 Å². The second kappa shape index (κ2) is 42.4. The van der Waals surface area contributed by atoms with Crippen LogP contribution in [0.2, 0.25) is 0 Å². The van der Waals surface area contributed by atoms with Gasteiger partial charge in [-0.25, -0.2) is 4.57 Å². The van der Waals surface area contributed by atoms with Crippen molar-refractivity contribution in [3.05, 3.63) is 48.6 Å². The molecule has 13 heteroatoms. The molecular formula is C52H95O12P. The lowest BCUT2D eigenvalue weighted by Gasteiger charge is -2.41. The normalized spacial score (nSPS) is 21.9. The van der Waals surface area contributed by atoms with Crippen LogP contribution in [0.3, 0.4) is 0 Å². The first-order chi connectivity index (χ1) is 31.5. The fourth-order valence-corrected chi connectivity index (χ4v) is 8.74. The Labute approximate surface area is 395 Å². The molecular weight excluding hydrogens is 848 g/mol. The Balaban J connectivity index is 2.35. The van der Waals surface area contributed by atoms with Gasteiger partial charge in [-0.1, -0.05) is 178 Å². The molecule has 1 aliphatic carbocycles. The highest BCUT2D eigenvalue weighted by Crippen LogP contribution is 2.47. The second-order valence-electron chi connectivity index (χ2n) is 18.0. The van der Waals surface area contributed by atoms with Crippen molar-refractivity contribution in [3.63, 3.8) is 0 Å². The zero-order valence-corrected chi connectivity index (χ0v) is 41.7. The molecule has 0 aromatic heterocycles. The number of unbranched alkanes of at least 4 members (excludes halogenated alkanes) is 24. The van der Waals surface area contributed by atoms with Crippen LogP contribution in [0, 0.1) is 0 Å². The summed E-state index contributed by atoms with van der Waals surface area (Å²) < 4.78 is 34.3. The Bertz CT molecular complexity index is 1260. The number of hydrogen-bond donors (Lipinski definition) is 6. The van der Waals surface area contributed by atoms with E-state index >= 15 is 0 Å². The van der Waals surface area contributed by atoms with Gasteiger partial charge in [0, 0.05) is 13.0 Å². The minimum Gasteiger partial charge on any atom is -0.457 e. The van der Waals surface area contributed by atoms with Crippen LogP contribution in [-0.4, -0.2) is 98.9 Å². The lowest BCUT2D eigenvalue weighted by atomic mass is 9.85. The molecule has 0 spiro atoms. The Morgan fingerprint density at radius 3 is 1.31 bits per heavy atom. The number of aliphatic hydroxyl groups is 5. The summed E-state index contributed by atoms with van der Waals surface area (Å²) in [6.45, 7) is 4.22. The Hall–Kier alpha value is -1.70. The molecule has 0 radical (unpaired) electrons. The lowest BCUT2D eigenvalue weighted by Crippen LogP contribution is -2.64. The molecule has 1 rings (SSSR count). The third-order valence-electron chi connectivity index (χ3n) is 11.9. The van der Waals surface area contributed by atoms with Crippen molar-refractivity contribution in [2.45, 2.75) is 256 Å². The molecule has 12 nitrogen and oxygen atoms in total. The van der Waals surface area contributed by atoms with E-state index in [1.54, 1.807) is 0 Å². The summed E-state index contributed by atoms with van der Waals surface area (Å²) in [6, 6.07) is 0. The van der Waals surface area contributed by atoms with Gasteiger partial charge in [-0.2, -0.15) is 0 Å². The largest absolute Gasteiger partial charge is 0.472 e. The number of ether oxygens (including phenoxy) is 2. The van der Waals surface area contributed by atoms with Crippen molar-refractivity contribution < 1.29 is 58.3 Å². The quantitative estimate of drug-likeness (QED) is 0.0147. The molecule has 1 saturated carbocycles. The number of phosphoric acid groups is 1. The fraction of sp³-hybridized carbons (Fsp3) is 0.827. The lowest BCUT2D eigenvalue weighted by molar-refractivity contribution is -0.220. The monoisotopic (exact) mass is 943 g/mol. The van der Waals surface area contributed by atoms with Gasteiger partial charge in [-0.05, 0) is 77.0 Å². The molecule has 65 heavy (non-hydrogen) atoms. The number of rotatable bonds is 44. The Kier molecular flexibility index (Phi) is 40.0. The van der Waals surface area contributed by atoms with Gasteiger partial charge in [0.25, 0.3) is 0 Å². The van der Waals surface area contributed by atoms with Gasteiger partial charge in [-0.3, -0.25) is 13.8 Å². The smallest absolute Gasteiger partial charge is 0.457 e. The first-order valence-corrected chi connectivity index (χ1v) is 27.5. The zero-order chi connectivity index (χ0) is 47.6. The van der Waals surface area contributed by atoms with E-state index in [2.05, 4.69) is 62.5 Å². The predicted molar refractivity (Wildman–Crippen MR) is 262 cm³/mol. The Morgan fingerprint density at radius 1 is 0.492 bits per heavy atom. The molecule has 1 fully saturated rings. The van der Waals surface area contributed by atoms with Crippen molar-refractivity contribution in [2.24, 2.45) is 0 Å². The van der Waals surface area contributed by atoms with E-state index in [-0.39, 0.29) is 13.0 Å². The maximum Gasteiger partial charge on any atom is 0.472 e. The fourth-order valence-electron chi connectivity index (χ4n) is 7.77. The van der Waals surface area contributed by atoms with Crippen molar-refractivity contribution in [2.75, 3.05) is 19.8 Å². The first kappa shape index (κ1) is 61.3. The summed E-state index contributed by atoms with van der Waals surface area (Å²) in [4.78, 5) is 23.2. The molecule has 0 amide bonds. The number of allylic oxidation sites excluding steroid dienone is 8. The van der Waals surface area contributed by atoms with Crippen LogP contribution in [0.5, 0.6) is 0 Å². The van der Waals surface area contributed by atoms with E-state index < -0.39 is 63.1 Å². The number of esters is 1. The summed E-state index contributed by atoms with van der Waals surface area (Å²) in [6.07, 6.45) is 40.3. The van der Waals surface area contributed by atoms with E-state index in [0.29, 0.717) is 13.0 Å². The highest BCUT2D eigenvalue weighted by molar-refractivity contribution is 7.47. The molecule has 0 aromatic carbocycles. The highest BCUT2D eigenvalue weighted by atomic mass is 31.2. The molecule has 0 aromatic rings. The summed E-state index contributed by atoms with van der Waals surface area (Å²) in [5, 5.41) is 50.3. The van der Waals surface area contributed by atoms with E-state index in [9.17, 15) is 39.8 Å². The van der Waals surface area contributed by atoms with Crippen LogP contribution in [0.1, 0.15) is 213 Å². The van der Waals surface area contributed by atoms with Crippen molar-refractivity contribution in [1.82, 2.24) is 0 Å². The molecule has 6 atom stereocenters. The number of carbonyl (C=O) groups is 1. The van der Waals surface area contributed by atoms with Crippen LogP contribution >= 0.6 is 7.82 Å². The molecule has 0 heterocycles. The molecule has 0 saturated heterocycles. The van der Waals surface area contributed by atoms with Gasteiger partial charge in [0.15, 0.2) is 0 Å². The molecule has 6 N–H and O–H groups in total. The minimum absolute atomic E-state index is 0.0860. The van der Waals surface area contributed by atoms with Gasteiger partial charge in [0.2, 0.25) is 0 Å². The van der Waals surface area contributed by atoms with E-state index in [1.165, 1.54) is 109 Å². The van der Waals surface area contributed by atoms with E-state index in [4.69, 9.17) is 18.5 Å². The van der Waals surface area contributed by atoms with Crippen LogP contribution < -0.4 is 0 Å². The summed E-state index contributed by atoms with van der Waals surface area (Å²) in [5.41, 5.74) is 0. The number of carbonyl (C=O) groups excluding carboxylic acids is 1. The molecule has 0 aliphatic heterocycles. The molecule has 1 aliphatic rings. The Morgan fingerprint density at radius 2 is 0.862 bits per heavy atom. The van der Waals surface area contributed by atoms with Crippen molar-refractivity contribution in [1.29, 1.82) is 0 Å². The summed E-state index contributed by atoms with van der Waals surface area (Å²) >= 11 is 0. The van der Waals surface area contributed by atoms with Crippen LogP contribution in [0.15, 0.2) is 48.6 Å². The zero-order valence-electron chi connectivity index (χ0n) is 40.8. The standard InChI is InChI=1S/C52H95O12P/c1-3-5-7-9-11-13-15-17-19-21-22-23-24-25-27-29-31-33-35-37-39-41-46(53)63-45(44-62-65(59,60)64-52-50(57)48(55)47(54)49(56)51(52)58)43-61-42-40-38-36-34-32-30-28-26-20-18-16-14-12-10-8-6-4-2/h14-17,20-22,26,45,47-52,54-58H,3-13,18-19,23-25,27-44H2,1-2H3,(H,59,60)/b16-14-,17-15-,22-21-,26-20-. The van der Waals surface area contributed by atoms with E-state index in [0.717, 1.165) is 77.0 Å². The van der Waals surface area contributed by atoms with Crippen LogP contribution in [0.4, 0.5) is 0 Å². The topological polar surface area (TPSA) is 192 Å². The average Bonchev–Trinajstić information content (AvgIpc) is 3.29. The molecule has 380 valence electrons. The van der Waals surface area contributed by atoms with Gasteiger partial charge in [0.1, 0.15) is 42.7 Å². The summed E-state index contributed by atoms with van der Waals surface area (Å²) in [7, 11) is -5.03. The average molecular weight is 943 g/mol. The minimum atomic E-state index is -5.03. The van der Waals surface area contributed by atoms with Gasteiger partial charge >= 0.3 is 13.8 Å². The van der Waals surface area contributed by atoms with Gasteiger partial charge < -0.3 is 39.9 Å². The highest BCUT2D eigenvalue weighted by Gasteiger charge is 2.51. The maximum atomic E-state index is 12.9. The molecule has 6 unspecified atom stereocenters. The second-order valence-corrected chi connectivity index (χ2v) is 19.4. The number of phosphoric ester groups is 1. The third kappa shape index (κ3) is 34.3. The van der Waals surface area contributed by atoms with Crippen molar-refractivity contribution >= 4 is 13.8 Å². The number of hydrogen-bond acceptors (Lipinski definition) is 11.